The monoisotopic (exact) mass is 313 g/mol. The Hall–Kier alpha value is -0.970. The molecule has 3 nitrogen and oxygen atoms in total. The second kappa shape index (κ2) is 6.46. The van der Waals surface area contributed by atoms with Gasteiger partial charge in [0.2, 0.25) is 0 Å². The lowest BCUT2D eigenvalue weighted by Gasteiger charge is -2.23. The predicted octanol–water partition coefficient (Wildman–Crippen LogP) is 4.37. The summed E-state index contributed by atoms with van der Waals surface area (Å²) in [5.41, 5.74) is 0.974. The number of aromatic nitrogens is 3. The molecule has 2 unspecified atom stereocenters. The molecule has 1 aromatic heterocycles. The average molecular weight is 314 g/mol. The molecule has 0 aliphatic carbocycles. The van der Waals surface area contributed by atoms with Gasteiger partial charge in [0.15, 0.2) is 0 Å². The van der Waals surface area contributed by atoms with Gasteiger partial charge in [0.25, 0.3) is 0 Å². The number of halogens is 2. The molecular weight excluding hydrogens is 301 g/mol. The van der Waals surface area contributed by atoms with E-state index < -0.39 is 0 Å². The first-order chi connectivity index (χ1) is 9.13. The second-order valence-electron chi connectivity index (χ2n) is 4.09. The van der Waals surface area contributed by atoms with E-state index >= 15 is 0 Å². The summed E-state index contributed by atoms with van der Waals surface area (Å²) in [5.74, 6) is 0.0484. The lowest BCUT2D eigenvalue weighted by molar-refractivity contribution is 0.505. The van der Waals surface area contributed by atoms with Crippen LogP contribution in [0.15, 0.2) is 43.5 Å². The highest BCUT2D eigenvalue weighted by Gasteiger charge is 2.23. The number of allylic oxidation sites excluding steroid dienone is 1. The SMILES string of the molecule is C=CCC(c1ccc(Cl)cc1Cl)C(S)n1cncn1. The third-order valence-corrected chi connectivity index (χ3v) is 4.01. The largest absolute Gasteiger partial charge is 0.240 e. The van der Waals surface area contributed by atoms with Gasteiger partial charge in [0.05, 0.1) is 0 Å². The maximum absolute atomic E-state index is 6.27. The van der Waals surface area contributed by atoms with Crippen LogP contribution in [0.25, 0.3) is 0 Å². The summed E-state index contributed by atoms with van der Waals surface area (Å²) >= 11 is 16.8. The fourth-order valence-electron chi connectivity index (χ4n) is 1.93. The van der Waals surface area contributed by atoms with E-state index in [1.807, 2.05) is 18.2 Å². The lowest BCUT2D eigenvalue weighted by Crippen LogP contribution is -2.14. The van der Waals surface area contributed by atoms with E-state index in [1.165, 1.54) is 6.33 Å². The van der Waals surface area contributed by atoms with Crippen LogP contribution in [0.1, 0.15) is 23.3 Å². The Kier molecular flexibility index (Phi) is 4.91. The Bertz CT molecular complexity index is 557. The van der Waals surface area contributed by atoms with Crippen molar-refractivity contribution in [2.45, 2.75) is 17.7 Å². The van der Waals surface area contributed by atoms with Crippen LogP contribution in [0.4, 0.5) is 0 Å². The zero-order valence-corrected chi connectivity index (χ0v) is 12.5. The molecule has 6 heteroatoms. The summed E-state index contributed by atoms with van der Waals surface area (Å²) in [5, 5.41) is 5.19. The van der Waals surface area contributed by atoms with E-state index in [9.17, 15) is 0 Å². The Labute approximate surface area is 127 Å². The Morgan fingerprint density at radius 3 is 2.79 bits per heavy atom. The quantitative estimate of drug-likeness (QED) is 0.656. The highest BCUT2D eigenvalue weighted by Crippen LogP contribution is 2.38. The summed E-state index contributed by atoms with van der Waals surface area (Å²) in [6.45, 7) is 3.79. The first-order valence-corrected chi connectivity index (χ1v) is 6.98. The van der Waals surface area contributed by atoms with Gasteiger partial charge in [-0.1, -0.05) is 35.3 Å². The van der Waals surface area contributed by atoms with Gasteiger partial charge < -0.3 is 0 Å². The predicted molar refractivity (Wildman–Crippen MR) is 82.1 cm³/mol. The van der Waals surface area contributed by atoms with E-state index in [2.05, 4.69) is 29.3 Å². The molecule has 0 aliphatic heterocycles. The molecule has 19 heavy (non-hydrogen) atoms. The van der Waals surface area contributed by atoms with Crippen LogP contribution in [-0.2, 0) is 0 Å². The fourth-order valence-corrected chi connectivity index (χ4v) is 2.88. The van der Waals surface area contributed by atoms with Gasteiger partial charge in [-0.25, -0.2) is 9.67 Å². The minimum atomic E-state index is -0.167. The molecule has 100 valence electrons. The molecule has 0 fully saturated rings. The number of benzene rings is 1. The van der Waals surface area contributed by atoms with Crippen molar-refractivity contribution in [1.29, 1.82) is 0 Å². The van der Waals surface area contributed by atoms with Gasteiger partial charge in [0.1, 0.15) is 18.0 Å². The van der Waals surface area contributed by atoms with Crippen LogP contribution in [0.5, 0.6) is 0 Å². The van der Waals surface area contributed by atoms with Crippen molar-refractivity contribution in [1.82, 2.24) is 14.8 Å². The highest BCUT2D eigenvalue weighted by atomic mass is 35.5. The van der Waals surface area contributed by atoms with Gasteiger partial charge >= 0.3 is 0 Å². The zero-order chi connectivity index (χ0) is 13.8. The molecule has 0 saturated heterocycles. The van der Waals surface area contributed by atoms with Gasteiger partial charge in [0, 0.05) is 16.0 Å². The van der Waals surface area contributed by atoms with Gasteiger partial charge in [-0.15, -0.1) is 6.58 Å². The molecule has 0 bridgehead atoms. The van der Waals surface area contributed by atoms with E-state index in [0.29, 0.717) is 10.0 Å². The third kappa shape index (κ3) is 3.32. The van der Waals surface area contributed by atoms with E-state index in [0.717, 1.165) is 12.0 Å². The van der Waals surface area contributed by atoms with E-state index in [4.69, 9.17) is 23.2 Å². The van der Waals surface area contributed by atoms with Crippen molar-refractivity contribution in [2.75, 3.05) is 0 Å². The number of rotatable bonds is 5. The summed E-state index contributed by atoms with van der Waals surface area (Å²) in [4.78, 5) is 3.94. The van der Waals surface area contributed by atoms with Crippen molar-refractivity contribution in [3.05, 3.63) is 59.1 Å². The van der Waals surface area contributed by atoms with Gasteiger partial charge in [-0.05, 0) is 24.1 Å². The highest BCUT2D eigenvalue weighted by molar-refractivity contribution is 7.80. The van der Waals surface area contributed by atoms with Gasteiger partial charge in [-0.2, -0.15) is 17.7 Å². The number of nitrogens with zero attached hydrogens (tertiary/aromatic N) is 3. The normalized spacial score (nSPS) is 14.1. The smallest absolute Gasteiger partial charge is 0.137 e. The second-order valence-corrected chi connectivity index (χ2v) is 5.46. The summed E-state index contributed by atoms with van der Waals surface area (Å²) in [7, 11) is 0. The maximum atomic E-state index is 6.27. The minimum Gasteiger partial charge on any atom is -0.240 e. The molecular formula is C13H13Cl2N3S. The van der Waals surface area contributed by atoms with Crippen molar-refractivity contribution < 1.29 is 0 Å². The molecule has 0 saturated carbocycles. The molecule has 0 aliphatic rings. The first kappa shape index (κ1) is 14.4. The van der Waals surface area contributed by atoms with Crippen molar-refractivity contribution in [3.63, 3.8) is 0 Å². The molecule has 0 N–H and O–H groups in total. The molecule has 1 aromatic carbocycles. The number of hydrogen-bond acceptors (Lipinski definition) is 3. The first-order valence-electron chi connectivity index (χ1n) is 5.71. The van der Waals surface area contributed by atoms with Crippen molar-refractivity contribution in [2.24, 2.45) is 0 Å². The minimum absolute atomic E-state index is 0.0484. The van der Waals surface area contributed by atoms with Crippen molar-refractivity contribution in [3.8, 4) is 0 Å². The van der Waals surface area contributed by atoms with Crippen LogP contribution in [0.3, 0.4) is 0 Å². The Balaban J connectivity index is 2.36. The lowest BCUT2D eigenvalue weighted by atomic mass is 9.95. The molecule has 2 atom stereocenters. The van der Waals surface area contributed by atoms with E-state index in [1.54, 1.807) is 17.1 Å². The standard InChI is InChI=1S/C13H13Cl2N3S/c1-2-3-11(13(19)18-8-16-7-17-18)10-5-4-9(14)6-12(10)15/h2,4-8,11,13,19H,1,3H2. The molecule has 0 amide bonds. The molecule has 2 rings (SSSR count). The van der Waals surface area contributed by atoms with Crippen LogP contribution in [0.2, 0.25) is 10.0 Å². The van der Waals surface area contributed by atoms with Crippen LogP contribution >= 0.6 is 35.8 Å². The fraction of sp³-hybridized carbons (Fsp3) is 0.231. The summed E-state index contributed by atoms with van der Waals surface area (Å²) in [6.07, 6.45) is 5.69. The van der Waals surface area contributed by atoms with Gasteiger partial charge in [-0.3, -0.25) is 0 Å². The maximum Gasteiger partial charge on any atom is 0.137 e. The zero-order valence-electron chi connectivity index (χ0n) is 10.1. The van der Waals surface area contributed by atoms with Crippen LogP contribution in [0, 0.1) is 0 Å². The molecule has 2 aromatic rings. The van der Waals surface area contributed by atoms with Crippen molar-refractivity contribution >= 4 is 35.8 Å². The Morgan fingerprint density at radius 2 is 2.21 bits per heavy atom. The summed E-state index contributed by atoms with van der Waals surface area (Å²) in [6, 6.07) is 5.47. The summed E-state index contributed by atoms with van der Waals surface area (Å²) < 4.78 is 1.70. The Morgan fingerprint density at radius 1 is 1.42 bits per heavy atom. The van der Waals surface area contributed by atoms with E-state index in [-0.39, 0.29) is 11.3 Å². The average Bonchev–Trinajstić information content (AvgIpc) is 2.90. The molecule has 1 heterocycles. The molecule has 0 radical (unpaired) electrons. The molecule has 0 spiro atoms. The van der Waals surface area contributed by atoms with Crippen LogP contribution in [-0.4, -0.2) is 14.8 Å². The topological polar surface area (TPSA) is 30.7 Å². The third-order valence-electron chi connectivity index (χ3n) is 2.85. The number of hydrogen-bond donors (Lipinski definition) is 1. The van der Waals surface area contributed by atoms with Crippen LogP contribution < -0.4 is 0 Å². The number of thiol groups is 1.